The van der Waals surface area contributed by atoms with Crippen LogP contribution < -0.4 is 4.74 Å². The Morgan fingerprint density at radius 1 is 1.40 bits per heavy atom. The van der Waals surface area contributed by atoms with E-state index in [1.54, 1.807) is 0 Å². The molecule has 0 saturated carbocycles. The van der Waals surface area contributed by atoms with E-state index in [2.05, 4.69) is 13.8 Å². The average molecular weight is 366 g/mol. The molecule has 0 aliphatic carbocycles. The van der Waals surface area contributed by atoms with Crippen molar-refractivity contribution in [3.05, 3.63) is 16.3 Å². The highest BCUT2D eigenvalue weighted by Gasteiger charge is 2.41. The van der Waals surface area contributed by atoms with Gasteiger partial charge in [-0.25, -0.2) is 4.79 Å². The van der Waals surface area contributed by atoms with Gasteiger partial charge in [-0.1, -0.05) is 13.8 Å². The lowest BCUT2D eigenvalue weighted by molar-refractivity contribution is 0.0621. The number of hydrogen-bond acceptors (Lipinski definition) is 5. The summed E-state index contributed by atoms with van der Waals surface area (Å²) in [5.74, 6) is 1.06. The molecule has 138 valence electrons. The van der Waals surface area contributed by atoms with Gasteiger partial charge in [-0.15, -0.1) is 11.3 Å². The van der Waals surface area contributed by atoms with Crippen molar-refractivity contribution in [1.82, 2.24) is 9.80 Å². The molecule has 2 saturated heterocycles. The van der Waals surface area contributed by atoms with Crippen molar-refractivity contribution >= 4 is 23.3 Å². The molecule has 2 fully saturated rings. The number of thiophene rings is 1. The number of piperidine rings is 1. The number of amides is 2. The first-order chi connectivity index (χ1) is 12.0. The van der Waals surface area contributed by atoms with Gasteiger partial charge in [0.15, 0.2) is 0 Å². The Hall–Kier alpha value is -1.76. The maximum absolute atomic E-state index is 12.8. The van der Waals surface area contributed by atoms with E-state index >= 15 is 0 Å². The van der Waals surface area contributed by atoms with Crippen molar-refractivity contribution in [2.75, 3.05) is 26.3 Å². The van der Waals surface area contributed by atoms with Crippen LogP contribution in [0.5, 0.6) is 5.75 Å². The number of rotatable bonds is 5. The van der Waals surface area contributed by atoms with Gasteiger partial charge in [-0.05, 0) is 37.1 Å². The van der Waals surface area contributed by atoms with Crippen LogP contribution in [0.4, 0.5) is 4.79 Å². The number of carbonyl (C=O) groups excluding carboxylic acids is 2. The molecule has 6 nitrogen and oxygen atoms in total. The lowest BCUT2D eigenvalue weighted by atomic mass is 9.97. The van der Waals surface area contributed by atoms with Crippen LogP contribution in [-0.4, -0.2) is 60.2 Å². The van der Waals surface area contributed by atoms with Gasteiger partial charge in [0, 0.05) is 19.1 Å². The minimum Gasteiger partial charge on any atom is -0.492 e. The molecule has 0 spiro atoms. The van der Waals surface area contributed by atoms with E-state index in [1.807, 2.05) is 28.2 Å². The highest BCUT2D eigenvalue weighted by molar-refractivity contribution is 7.12. The zero-order valence-corrected chi connectivity index (χ0v) is 15.9. The molecule has 1 atom stereocenters. The SMILES string of the molecule is CCOc1ccsc1C(=O)N1CCC(N2C(=O)OCC2C(C)C)CC1. The van der Waals surface area contributed by atoms with Crippen LogP contribution in [-0.2, 0) is 4.74 Å². The van der Waals surface area contributed by atoms with Crippen molar-refractivity contribution in [3.63, 3.8) is 0 Å². The molecule has 2 aliphatic rings. The van der Waals surface area contributed by atoms with E-state index in [1.165, 1.54) is 11.3 Å². The van der Waals surface area contributed by atoms with Crippen LogP contribution in [0.2, 0.25) is 0 Å². The van der Waals surface area contributed by atoms with E-state index in [9.17, 15) is 9.59 Å². The van der Waals surface area contributed by atoms with Crippen LogP contribution >= 0.6 is 11.3 Å². The Labute approximate surface area is 152 Å². The minimum absolute atomic E-state index is 0.0290. The number of carbonyl (C=O) groups is 2. The third-order valence-electron chi connectivity index (χ3n) is 4.98. The molecular formula is C18H26N2O4S. The van der Waals surface area contributed by atoms with Gasteiger partial charge in [-0.3, -0.25) is 9.69 Å². The molecule has 0 aromatic carbocycles. The van der Waals surface area contributed by atoms with Crippen LogP contribution in [0.25, 0.3) is 0 Å². The van der Waals surface area contributed by atoms with E-state index in [0.717, 1.165) is 12.8 Å². The summed E-state index contributed by atoms with van der Waals surface area (Å²) in [5.41, 5.74) is 0. The zero-order valence-electron chi connectivity index (χ0n) is 15.1. The Morgan fingerprint density at radius 3 is 2.76 bits per heavy atom. The number of nitrogens with zero attached hydrogens (tertiary/aromatic N) is 2. The van der Waals surface area contributed by atoms with Crippen molar-refractivity contribution < 1.29 is 19.1 Å². The summed E-state index contributed by atoms with van der Waals surface area (Å²) in [5, 5.41) is 1.89. The Bertz CT molecular complexity index is 622. The topological polar surface area (TPSA) is 59.1 Å². The number of cyclic esters (lactones) is 1. The van der Waals surface area contributed by atoms with Crippen LogP contribution in [0.3, 0.4) is 0 Å². The fourth-order valence-electron chi connectivity index (χ4n) is 3.59. The minimum atomic E-state index is -0.208. The molecule has 0 radical (unpaired) electrons. The number of likely N-dealkylation sites (tertiary alicyclic amines) is 1. The van der Waals surface area contributed by atoms with Gasteiger partial charge >= 0.3 is 6.09 Å². The van der Waals surface area contributed by atoms with E-state index in [-0.39, 0.29) is 24.1 Å². The number of hydrogen-bond donors (Lipinski definition) is 0. The summed E-state index contributed by atoms with van der Waals surface area (Å²) in [6, 6.07) is 2.14. The first-order valence-electron chi connectivity index (χ1n) is 8.97. The molecule has 2 amide bonds. The van der Waals surface area contributed by atoms with Crippen LogP contribution in [0.15, 0.2) is 11.4 Å². The first kappa shape index (κ1) is 18.0. The molecule has 0 N–H and O–H groups in total. The second-order valence-corrected chi connectivity index (χ2v) is 7.78. The summed E-state index contributed by atoms with van der Waals surface area (Å²) in [6.07, 6.45) is 1.37. The summed E-state index contributed by atoms with van der Waals surface area (Å²) >= 11 is 1.42. The Morgan fingerprint density at radius 2 is 2.12 bits per heavy atom. The fourth-order valence-corrected chi connectivity index (χ4v) is 4.39. The first-order valence-corrected chi connectivity index (χ1v) is 9.85. The second kappa shape index (κ2) is 7.64. The molecule has 7 heteroatoms. The molecule has 3 rings (SSSR count). The summed E-state index contributed by atoms with van der Waals surface area (Å²) < 4.78 is 10.8. The highest BCUT2D eigenvalue weighted by atomic mass is 32.1. The smallest absolute Gasteiger partial charge is 0.410 e. The van der Waals surface area contributed by atoms with Gasteiger partial charge in [0.25, 0.3) is 5.91 Å². The third kappa shape index (κ3) is 3.61. The predicted molar refractivity (Wildman–Crippen MR) is 96.2 cm³/mol. The Kier molecular flexibility index (Phi) is 5.51. The average Bonchev–Trinajstić information content (AvgIpc) is 3.21. The lowest BCUT2D eigenvalue weighted by Crippen LogP contribution is -2.50. The zero-order chi connectivity index (χ0) is 18.0. The van der Waals surface area contributed by atoms with Gasteiger partial charge in [0.1, 0.15) is 17.2 Å². The maximum atomic E-state index is 12.8. The summed E-state index contributed by atoms with van der Waals surface area (Å²) in [7, 11) is 0. The second-order valence-electron chi connectivity index (χ2n) is 6.87. The normalized spacial score (nSPS) is 21.8. The van der Waals surface area contributed by atoms with E-state index < -0.39 is 0 Å². The monoisotopic (exact) mass is 366 g/mol. The Balaban J connectivity index is 1.62. The molecule has 2 aliphatic heterocycles. The molecule has 1 unspecified atom stereocenters. The van der Waals surface area contributed by atoms with Crippen molar-refractivity contribution in [2.24, 2.45) is 5.92 Å². The molecular weight excluding hydrogens is 340 g/mol. The maximum Gasteiger partial charge on any atom is 0.410 e. The predicted octanol–water partition coefficient (Wildman–Crippen LogP) is 3.23. The van der Waals surface area contributed by atoms with Crippen molar-refractivity contribution in [3.8, 4) is 5.75 Å². The highest BCUT2D eigenvalue weighted by Crippen LogP contribution is 2.30. The lowest BCUT2D eigenvalue weighted by Gasteiger charge is -2.38. The van der Waals surface area contributed by atoms with E-state index in [0.29, 0.717) is 42.8 Å². The molecule has 25 heavy (non-hydrogen) atoms. The third-order valence-corrected chi connectivity index (χ3v) is 5.87. The molecule has 3 heterocycles. The quantitative estimate of drug-likeness (QED) is 0.803. The standard InChI is InChI=1S/C18H26N2O4S/c1-4-23-15-7-10-25-16(15)17(21)19-8-5-13(6-9-19)20-14(12(2)3)11-24-18(20)22/h7,10,12-14H,4-6,8-9,11H2,1-3H3. The fraction of sp³-hybridized carbons (Fsp3) is 0.667. The van der Waals surface area contributed by atoms with E-state index in [4.69, 9.17) is 9.47 Å². The van der Waals surface area contributed by atoms with Crippen LogP contribution in [0, 0.1) is 5.92 Å². The van der Waals surface area contributed by atoms with Crippen molar-refractivity contribution in [1.29, 1.82) is 0 Å². The van der Waals surface area contributed by atoms with Crippen molar-refractivity contribution in [2.45, 2.75) is 45.7 Å². The van der Waals surface area contributed by atoms with Crippen LogP contribution in [0.1, 0.15) is 43.3 Å². The summed E-state index contributed by atoms with van der Waals surface area (Å²) in [6.45, 7) is 8.48. The largest absolute Gasteiger partial charge is 0.492 e. The van der Waals surface area contributed by atoms with Gasteiger partial charge < -0.3 is 14.4 Å². The molecule has 1 aromatic heterocycles. The van der Waals surface area contributed by atoms with Gasteiger partial charge in [0.05, 0.1) is 12.6 Å². The molecule has 1 aromatic rings. The number of ether oxygens (including phenoxy) is 2. The molecule has 0 bridgehead atoms. The van der Waals surface area contributed by atoms with Gasteiger partial charge in [-0.2, -0.15) is 0 Å². The van der Waals surface area contributed by atoms with Gasteiger partial charge in [0.2, 0.25) is 0 Å². The summed E-state index contributed by atoms with van der Waals surface area (Å²) in [4.78, 5) is 29.3.